The second-order valence-electron chi connectivity index (χ2n) is 7.32. The van der Waals surface area contributed by atoms with Crippen molar-refractivity contribution in [3.8, 4) is 5.75 Å². The minimum absolute atomic E-state index is 0.0709. The average molecular weight is 439 g/mol. The van der Waals surface area contributed by atoms with E-state index in [9.17, 15) is 13.2 Å². The van der Waals surface area contributed by atoms with Crippen molar-refractivity contribution >= 4 is 21.6 Å². The van der Waals surface area contributed by atoms with Gasteiger partial charge in [0.2, 0.25) is 0 Å². The molecule has 0 spiro atoms. The number of carbonyl (C=O) groups is 1. The van der Waals surface area contributed by atoms with Gasteiger partial charge in [-0.05, 0) is 67.8 Å². The number of carbonyl (C=O) groups excluding carboxylic acids is 1. The summed E-state index contributed by atoms with van der Waals surface area (Å²) in [6.45, 7) is 6.04. The topological polar surface area (TPSA) is 84.5 Å². The van der Waals surface area contributed by atoms with Gasteiger partial charge in [-0.3, -0.25) is 9.52 Å². The second-order valence-corrected chi connectivity index (χ2v) is 8.97. The first-order chi connectivity index (χ1) is 14.8. The molecule has 162 valence electrons. The molecule has 3 aromatic rings. The molecule has 0 aliphatic rings. The molecule has 0 aliphatic heterocycles. The standard InChI is InChI=1S/C24H26N2O4S/c1-17-9-10-18(2)22(15-17)26-31(28,29)23-16-20(12-11-19(23)3)24(27)25-13-14-30-21-7-5-4-6-8-21/h4-12,15-16,26H,13-14H2,1-3H3,(H,25,27). The Labute approximate surface area is 183 Å². The van der Waals surface area contributed by atoms with E-state index in [0.717, 1.165) is 16.9 Å². The predicted molar refractivity (Wildman–Crippen MR) is 122 cm³/mol. The molecule has 0 radical (unpaired) electrons. The lowest BCUT2D eigenvalue weighted by Crippen LogP contribution is -2.28. The van der Waals surface area contributed by atoms with Crippen LogP contribution in [0.4, 0.5) is 5.69 Å². The number of nitrogens with one attached hydrogen (secondary N) is 2. The third-order valence-corrected chi connectivity index (χ3v) is 6.28. The third-order valence-electron chi connectivity index (χ3n) is 4.78. The number of hydrogen-bond donors (Lipinski definition) is 2. The molecule has 0 aliphatic carbocycles. The molecule has 0 aromatic heterocycles. The molecule has 2 N–H and O–H groups in total. The molecular formula is C24H26N2O4S. The monoisotopic (exact) mass is 438 g/mol. The molecule has 0 fully saturated rings. The number of ether oxygens (including phenoxy) is 1. The summed E-state index contributed by atoms with van der Waals surface area (Å²) in [6.07, 6.45) is 0. The highest BCUT2D eigenvalue weighted by atomic mass is 32.2. The van der Waals surface area contributed by atoms with Crippen molar-refractivity contribution in [3.05, 3.63) is 89.0 Å². The van der Waals surface area contributed by atoms with Crippen LogP contribution in [0.15, 0.2) is 71.6 Å². The maximum absolute atomic E-state index is 13.0. The van der Waals surface area contributed by atoms with Crippen LogP contribution in [0.2, 0.25) is 0 Å². The summed E-state index contributed by atoms with van der Waals surface area (Å²) in [5.41, 5.74) is 3.12. The quantitative estimate of drug-likeness (QED) is 0.516. The summed E-state index contributed by atoms with van der Waals surface area (Å²) < 4.78 is 34.2. The number of para-hydroxylation sites is 1. The average Bonchev–Trinajstić information content (AvgIpc) is 2.74. The van der Waals surface area contributed by atoms with Crippen molar-refractivity contribution in [1.82, 2.24) is 5.32 Å². The van der Waals surface area contributed by atoms with Crippen LogP contribution in [0, 0.1) is 20.8 Å². The second kappa shape index (κ2) is 9.66. The normalized spacial score (nSPS) is 11.1. The SMILES string of the molecule is Cc1ccc(C)c(NS(=O)(=O)c2cc(C(=O)NCCOc3ccccc3)ccc2C)c1. The number of amides is 1. The van der Waals surface area contributed by atoms with Gasteiger partial charge in [0, 0.05) is 5.56 Å². The van der Waals surface area contributed by atoms with Crippen molar-refractivity contribution in [2.45, 2.75) is 25.7 Å². The lowest BCUT2D eigenvalue weighted by molar-refractivity contribution is 0.0946. The number of hydrogen-bond acceptors (Lipinski definition) is 4. The lowest BCUT2D eigenvalue weighted by Gasteiger charge is -2.14. The van der Waals surface area contributed by atoms with Gasteiger partial charge in [0.15, 0.2) is 0 Å². The molecule has 3 rings (SSSR count). The lowest BCUT2D eigenvalue weighted by atomic mass is 10.1. The fraction of sp³-hybridized carbons (Fsp3) is 0.208. The van der Waals surface area contributed by atoms with E-state index in [1.165, 1.54) is 6.07 Å². The van der Waals surface area contributed by atoms with Crippen LogP contribution in [-0.2, 0) is 10.0 Å². The summed E-state index contributed by atoms with van der Waals surface area (Å²) in [7, 11) is -3.86. The third kappa shape index (κ3) is 5.86. The zero-order valence-corrected chi connectivity index (χ0v) is 18.6. The van der Waals surface area contributed by atoms with Gasteiger partial charge in [-0.1, -0.05) is 36.4 Å². The fourth-order valence-electron chi connectivity index (χ4n) is 3.03. The van der Waals surface area contributed by atoms with Crippen molar-refractivity contribution in [2.24, 2.45) is 0 Å². The van der Waals surface area contributed by atoms with Crippen LogP contribution < -0.4 is 14.8 Å². The molecule has 0 heterocycles. The Morgan fingerprint density at radius 2 is 1.61 bits per heavy atom. The zero-order chi connectivity index (χ0) is 22.4. The Morgan fingerprint density at radius 1 is 0.903 bits per heavy atom. The summed E-state index contributed by atoms with van der Waals surface area (Å²) >= 11 is 0. The number of sulfonamides is 1. The Kier molecular flexibility index (Phi) is 6.97. The number of benzene rings is 3. The van der Waals surface area contributed by atoms with E-state index in [1.54, 1.807) is 25.1 Å². The fourth-order valence-corrected chi connectivity index (χ4v) is 4.42. The molecule has 0 unspecified atom stereocenters. The maximum atomic E-state index is 13.0. The Hall–Kier alpha value is -3.32. The summed E-state index contributed by atoms with van der Waals surface area (Å²) in [6, 6.07) is 19.5. The molecule has 3 aromatic carbocycles. The molecule has 6 nitrogen and oxygen atoms in total. The first-order valence-electron chi connectivity index (χ1n) is 9.93. The van der Waals surface area contributed by atoms with Gasteiger partial charge in [-0.2, -0.15) is 0 Å². The van der Waals surface area contributed by atoms with Crippen molar-refractivity contribution in [3.63, 3.8) is 0 Å². The molecular weight excluding hydrogens is 412 g/mol. The smallest absolute Gasteiger partial charge is 0.262 e. The molecule has 1 amide bonds. The van der Waals surface area contributed by atoms with Crippen LogP contribution in [0.5, 0.6) is 5.75 Å². The largest absolute Gasteiger partial charge is 0.492 e. The van der Waals surface area contributed by atoms with Gasteiger partial charge >= 0.3 is 0 Å². The van der Waals surface area contributed by atoms with Crippen LogP contribution in [0.25, 0.3) is 0 Å². The summed E-state index contributed by atoms with van der Waals surface area (Å²) in [5, 5.41) is 2.75. The van der Waals surface area contributed by atoms with E-state index in [1.807, 2.05) is 56.3 Å². The molecule has 7 heteroatoms. The van der Waals surface area contributed by atoms with Crippen LogP contribution in [-0.4, -0.2) is 27.5 Å². The van der Waals surface area contributed by atoms with Gasteiger partial charge in [0.25, 0.3) is 15.9 Å². The summed E-state index contributed by atoms with van der Waals surface area (Å²) in [4.78, 5) is 12.6. The van der Waals surface area contributed by atoms with E-state index in [-0.39, 0.29) is 16.4 Å². The first-order valence-corrected chi connectivity index (χ1v) is 11.4. The Bertz CT molecular complexity index is 1180. The van der Waals surface area contributed by atoms with Gasteiger partial charge in [0.05, 0.1) is 17.1 Å². The maximum Gasteiger partial charge on any atom is 0.262 e. The van der Waals surface area contributed by atoms with Gasteiger partial charge in [-0.15, -0.1) is 0 Å². The molecule has 0 saturated heterocycles. The first kappa shape index (κ1) is 22.4. The zero-order valence-electron chi connectivity index (χ0n) is 17.8. The van der Waals surface area contributed by atoms with E-state index in [0.29, 0.717) is 24.4 Å². The van der Waals surface area contributed by atoms with Crippen molar-refractivity contribution in [1.29, 1.82) is 0 Å². The van der Waals surface area contributed by atoms with E-state index < -0.39 is 10.0 Å². The van der Waals surface area contributed by atoms with Crippen LogP contribution in [0.3, 0.4) is 0 Å². The Balaban J connectivity index is 1.70. The predicted octanol–water partition coefficient (Wildman–Crippen LogP) is 4.22. The van der Waals surface area contributed by atoms with Gasteiger partial charge in [-0.25, -0.2) is 8.42 Å². The highest BCUT2D eigenvalue weighted by molar-refractivity contribution is 7.92. The van der Waals surface area contributed by atoms with Crippen molar-refractivity contribution < 1.29 is 17.9 Å². The number of rotatable bonds is 8. The van der Waals surface area contributed by atoms with Crippen LogP contribution in [0.1, 0.15) is 27.0 Å². The number of aryl methyl sites for hydroxylation is 3. The highest BCUT2D eigenvalue weighted by Crippen LogP contribution is 2.24. The minimum Gasteiger partial charge on any atom is -0.492 e. The molecule has 31 heavy (non-hydrogen) atoms. The Morgan fingerprint density at radius 3 is 2.35 bits per heavy atom. The van der Waals surface area contributed by atoms with E-state index >= 15 is 0 Å². The van der Waals surface area contributed by atoms with Gasteiger partial charge < -0.3 is 10.1 Å². The highest BCUT2D eigenvalue weighted by Gasteiger charge is 2.20. The van der Waals surface area contributed by atoms with Crippen molar-refractivity contribution in [2.75, 3.05) is 17.9 Å². The van der Waals surface area contributed by atoms with Crippen LogP contribution >= 0.6 is 0 Å². The van der Waals surface area contributed by atoms with E-state index in [4.69, 9.17) is 4.74 Å². The molecule has 0 atom stereocenters. The van der Waals surface area contributed by atoms with E-state index in [2.05, 4.69) is 10.0 Å². The number of anilines is 1. The molecule has 0 saturated carbocycles. The molecule has 0 bridgehead atoms. The summed E-state index contributed by atoms with van der Waals surface area (Å²) in [5.74, 6) is 0.359. The minimum atomic E-state index is -3.86. The van der Waals surface area contributed by atoms with Gasteiger partial charge in [0.1, 0.15) is 12.4 Å².